The molecule has 0 spiro atoms. The fourth-order valence-electron chi connectivity index (χ4n) is 2.57. The van der Waals surface area contributed by atoms with E-state index in [0.29, 0.717) is 19.4 Å². The van der Waals surface area contributed by atoms with Crippen LogP contribution in [-0.2, 0) is 14.8 Å². The van der Waals surface area contributed by atoms with E-state index in [9.17, 15) is 8.42 Å². The molecule has 20 heavy (non-hydrogen) atoms. The smallest absolute Gasteiger partial charge is 0.214 e. The quantitative estimate of drug-likeness (QED) is 0.551. The molecule has 0 atom stereocenters. The Bertz CT molecular complexity index is 402. The topological polar surface area (TPSA) is 81.4 Å². The zero-order valence-electron chi connectivity index (χ0n) is 12.2. The van der Waals surface area contributed by atoms with Crippen LogP contribution in [0.2, 0.25) is 0 Å². The van der Waals surface area contributed by atoms with Gasteiger partial charge in [-0.1, -0.05) is 44.3 Å². The van der Waals surface area contributed by atoms with E-state index >= 15 is 0 Å². The van der Waals surface area contributed by atoms with Crippen LogP contribution in [0.25, 0.3) is 0 Å². The highest BCUT2D eigenvalue weighted by atomic mass is 32.2. The van der Waals surface area contributed by atoms with Gasteiger partial charge in [0.2, 0.25) is 10.0 Å². The molecule has 5 nitrogen and oxygen atoms in total. The average Bonchev–Trinajstić information content (AvgIpc) is 2.32. The molecule has 0 heterocycles. The maximum atomic E-state index is 12.2. The lowest BCUT2D eigenvalue weighted by molar-refractivity contribution is 0.163. The summed E-state index contributed by atoms with van der Waals surface area (Å²) < 4.78 is 32.2. The Morgan fingerprint density at radius 2 is 1.80 bits per heavy atom. The third kappa shape index (κ3) is 5.63. The normalized spacial score (nSPS) is 20.1. The summed E-state index contributed by atoms with van der Waals surface area (Å²) in [4.78, 5) is 0.263. The van der Waals surface area contributed by atoms with Crippen molar-refractivity contribution in [3.8, 4) is 0 Å². The summed E-state index contributed by atoms with van der Waals surface area (Å²) in [6, 6.07) is 0. The number of rotatable bonds is 7. The van der Waals surface area contributed by atoms with E-state index in [-0.39, 0.29) is 17.3 Å². The van der Waals surface area contributed by atoms with Crippen molar-refractivity contribution in [2.24, 2.45) is 5.73 Å². The van der Waals surface area contributed by atoms with Gasteiger partial charge in [-0.2, -0.15) is 0 Å². The number of thiocarbonyl (C=S) groups is 1. The molecule has 0 bridgehead atoms. The molecule has 0 unspecified atom stereocenters. The van der Waals surface area contributed by atoms with Gasteiger partial charge in [0.05, 0.1) is 22.9 Å². The van der Waals surface area contributed by atoms with Gasteiger partial charge in [-0.05, 0) is 19.8 Å². The minimum Gasteiger partial charge on any atom is -0.392 e. The lowest BCUT2D eigenvalue weighted by atomic mass is 9.85. The van der Waals surface area contributed by atoms with Gasteiger partial charge < -0.3 is 10.5 Å². The fraction of sp³-hybridized carbons (Fsp3) is 0.923. The zero-order chi connectivity index (χ0) is 15.1. The molecule has 1 fully saturated rings. The highest BCUT2D eigenvalue weighted by molar-refractivity contribution is 7.89. The van der Waals surface area contributed by atoms with Gasteiger partial charge in [0.1, 0.15) is 0 Å². The predicted molar refractivity (Wildman–Crippen MR) is 85.3 cm³/mol. The van der Waals surface area contributed by atoms with Crippen molar-refractivity contribution in [1.82, 2.24) is 4.72 Å². The van der Waals surface area contributed by atoms with E-state index in [1.54, 1.807) is 0 Å². The summed E-state index contributed by atoms with van der Waals surface area (Å²) in [5.41, 5.74) is 5.11. The van der Waals surface area contributed by atoms with Crippen LogP contribution in [0.1, 0.15) is 51.9 Å². The van der Waals surface area contributed by atoms with Crippen LogP contribution in [0, 0.1) is 0 Å². The van der Waals surface area contributed by atoms with E-state index in [1.807, 2.05) is 6.92 Å². The van der Waals surface area contributed by atoms with Crippen molar-refractivity contribution in [3.63, 3.8) is 0 Å². The van der Waals surface area contributed by atoms with Gasteiger partial charge in [-0.25, -0.2) is 13.1 Å². The molecule has 0 aromatic carbocycles. The summed E-state index contributed by atoms with van der Waals surface area (Å²) >= 11 is 5.16. The van der Waals surface area contributed by atoms with Crippen LogP contribution in [0.15, 0.2) is 0 Å². The van der Waals surface area contributed by atoms with Crippen LogP contribution in [0.4, 0.5) is 0 Å². The summed E-state index contributed by atoms with van der Waals surface area (Å²) in [6.45, 7) is 2.54. The average molecular weight is 322 g/mol. The first-order valence-corrected chi connectivity index (χ1v) is 9.37. The van der Waals surface area contributed by atoms with Crippen LogP contribution < -0.4 is 10.5 Å². The first-order valence-electron chi connectivity index (χ1n) is 7.31. The highest BCUT2D eigenvalue weighted by Crippen LogP contribution is 2.27. The third-order valence-electron chi connectivity index (χ3n) is 3.73. The second-order valence-electron chi connectivity index (χ2n) is 5.33. The molecule has 3 N–H and O–H groups in total. The molecule has 1 rings (SSSR count). The number of nitrogens with one attached hydrogen (secondary N) is 1. The predicted octanol–water partition coefficient (Wildman–Crippen LogP) is 1.71. The molecular formula is C13H26N2O3S2. The van der Waals surface area contributed by atoms with Gasteiger partial charge in [0, 0.05) is 6.61 Å². The van der Waals surface area contributed by atoms with Crippen LogP contribution in [0.5, 0.6) is 0 Å². The van der Waals surface area contributed by atoms with E-state index in [0.717, 1.165) is 25.7 Å². The van der Waals surface area contributed by atoms with Gasteiger partial charge >= 0.3 is 0 Å². The van der Waals surface area contributed by atoms with E-state index in [4.69, 9.17) is 22.7 Å². The van der Waals surface area contributed by atoms with Crippen molar-refractivity contribution in [1.29, 1.82) is 0 Å². The van der Waals surface area contributed by atoms with Gasteiger partial charge in [0.15, 0.2) is 0 Å². The van der Waals surface area contributed by atoms with Crippen molar-refractivity contribution >= 4 is 27.2 Å². The number of hydrogen-bond donors (Lipinski definition) is 2. The Kier molecular flexibility index (Phi) is 7.36. The molecule has 0 amide bonds. The SMILES string of the molecule is CCOCCS(=O)(=O)NC1(C(N)=S)CCCCCCC1. The summed E-state index contributed by atoms with van der Waals surface area (Å²) in [6.07, 6.45) is 6.68. The summed E-state index contributed by atoms with van der Waals surface area (Å²) in [5, 5.41) is 0. The van der Waals surface area contributed by atoms with E-state index in [1.165, 1.54) is 6.42 Å². The Morgan fingerprint density at radius 1 is 1.25 bits per heavy atom. The molecule has 7 heteroatoms. The van der Waals surface area contributed by atoms with Crippen LogP contribution in [0.3, 0.4) is 0 Å². The number of nitrogens with two attached hydrogens (primary N) is 1. The van der Waals surface area contributed by atoms with Gasteiger partial charge in [0.25, 0.3) is 0 Å². The molecule has 1 aliphatic carbocycles. The molecule has 0 saturated heterocycles. The minimum absolute atomic E-state index is 0.0504. The summed E-state index contributed by atoms with van der Waals surface area (Å²) in [5.74, 6) is -0.0504. The Morgan fingerprint density at radius 3 is 2.30 bits per heavy atom. The van der Waals surface area contributed by atoms with E-state index in [2.05, 4.69) is 4.72 Å². The molecule has 0 radical (unpaired) electrons. The highest BCUT2D eigenvalue weighted by Gasteiger charge is 2.37. The fourth-order valence-corrected chi connectivity index (χ4v) is 4.24. The molecular weight excluding hydrogens is 296 g/mol. The maximum Gasteiger partial charge on any atom is 0.214 e. The Balaban J connectivity index is 2.76. The largest absolute Gasteiger partial charge is 0.392 e. The van der Waals surface area contributed by atoms with Crippen LogP contribution >= 0.6 is 12.2 Å². The monoisotopic (exact) mass is 322 g/mol. The minimum atomic E-state index is -3.43. The Labute approximate surface area is 127 Å². The second-order valence-corrected chi connectivity index (χ2v) is 7.61. The van der Waals surface area contributed by atoms with Crippen molar-refractivity contribution < 1.29 is 13.2 Å². The number of ether oxygens (including phenoxy) is 1. The van der Waals surface area contributed by atoms with E-state index < -0.39 is 15.6 Å². The molecule has 1 saturated carbocycles. The standard InChI is InChI=1S/C13H26N2O3S2/c1-2-18-10-11-20(16,17)15-13(12(14)19)8-6-4-3-5-7-9-13/h15H,2-11H2,1H3,(H2,14,19). The van der Waals surface area contributed by atoms with Gasteiger partial charge in [-0.3, -0.25) is 0 Å². The lowest BCUT2D eigenvalue weighted by Crippen LogP contribution is -2.57. The lowest BCUT2D eigenvalue weighted by Gasteiger charge is -2.35. The molecule has 0 aromatic heterocycles. The molecule has 1 aliphatic rings. The van der Waals surface area contributed by atoms with Crippen molar-refractivity contribution in [2.45, 2.75) is 57.4 Å². The van der Waals surface area contributed by atoms with Gasteiger partial charge in [-0.15, -0.1) is 0 Å². The second kappa shape index (κ2) is 8.26. The number of sulfonamides is 1. The Hall–Kier alpha value is -0.240. The van der Waals surface area contributed by atoms with Crippen LogP contribution in [-0.4, -0.2) is 37.9 Å². The van der Waals surface area contributed by atoms with Crippen molar-refractivity contribution in [3.05, 3.63) is 0 Å². The zero-order valence-corrected chi connectivity index (χ0v) is 13.8. The molecule has 0 aromatic rings. The number of hydrogen-bond acceptors (Lipinski definition) is 4. The first-order chi connectivity index (χ1) is 9.42. The summed E-state index contributed by atoms with van der Waals surface area (Å²) in [7, 11) is -3.43. The van der Waals surface area contributed by atoms with Crippen molar-refractivity contribution in [2.75, 3.05) is 19.0 Å². The first kappa shape index (κ1) is 17.8. The molecule has 118 valence electrons. The molecule has 0 aliphatic heterocycles. The maximum absolute atomic E-state index is 12.2. The third-order valence-corrected chi connectivity index (χ3v) is 5.53.